The zero-order valence-electron chi connectivity index (χ0n) is 7.19. The van der Waals surface area contributed by atoms with E-state index in [1.807, 2.05) is 0 Å². The normalized spacial score (nSPS) is 12.2. The maximum absolute atomic E-state index is 11.1. The van der Waals surface area contributed by atoms with E-state index in [4.69, 9.17) is 5.73 Å². The van der Waals surface area contributed by atoms with Gasteiger partial charge < -0.3 is 16.2 Å². The smallest absolute Gasteiger partial charge is 0.241 e. The third-order valence-corrected chi connectivity index (χ3v) is 1.47. The molecule has 1 rings (SSSR count). The summed E-state index contributed by atoms with van der Waals surface area (Å²) in [7, 11) is 0. The Morgan fingerprint density at radius 3 is 3.00 bits per heavy atom. The molecule has 1 aromatic heterocycles. The molecule has 0 bridgehead atoms. The van der Waals surface area contributed by atoms with Crippen LogP contribution in [0, 0.1) is 0 Å². The Hall–Kier alpha value is -1.62. The predicted octanol–water partition coefficient (Wildman–Crippen LogP) is 0.0729. The van der Waals surface area contributed by atoms with Crippen molar-refractivity contribution in [2.24, 2.45) is 5.73 Å². The molecule has 0 spiro atoms. The van der Waals surface area contributed by atoms with Crippen molar-refractivity contribution in [2.75, 3.05) is 5.32 Å². The molecule has 0 aliphatic heterocycles. The van der Waals surface area contributed by atoms with Gasteiger partial charge in [-0.3, -0.25) is 9.78 Å². The molecule has 70 valence electrons. The lowest BCUT2D eigenvalue weighted by Gasteiger charge is -2.08. The number of anilines is 1. The molecule has 0 radical (unpaired) electrons. The Balaban J connectivity index is 2.75. The number of aromatic nitrogens is 1. The number of hydrogen-bond acceptors (Lipinski definition) is 4. The Kier molecular flexibility index (Phi) is 2.81. The van der Waals surface area contributed by atoms with Gasteiger partial charge in [-0.1, -0.05) is 0 Å². The Bertz CT molecular complexity index is 312. The van der Waals surface area contributed by atoms with E-state index >= 15 is 0 Å². The molecule has 0 saturated heterocycles. The molecular weight excluding hydrogens is 170 g/mol. The minimum Gasteiger partial charge on any atom is -0.504 e. The average Bonchev–Trinajstić information content (AvgIpc) is 2.08. The van der Waals surface area contributed by atoms with Crippen molar-refractivity contribution in [3.05, 3.63) is 18.5 Å². The number of pyridine rings is 1. The van der Waals surface area contributed by atoms with Gasteiger partial charge in [0.15, 0.2) is 5.75 Å². The van der Waals surface area contributed by atoms with Crippen LogP contribution in [0.25, 0.3) is 0 Å². The molecule has 13 heavy (non-hydrogen) atoms. The maximum Gasteiger partial charge on any atom is 0.241 e. The summed E-state index contributed by atoms with van der Waals surface area (Å²) in [5.41, 5.74) is 5.64. The minimum absolute atomic E-state index is 0.0727. The number of amides is 1. The SMILES string of the molecule is C[C@@H](N)C(=O)Nc1ccncc1O. The summed E-state index contributed by atoms with van der Waals surface area (Å²) in [6, 6.07) is 0.892. The third-order valence-electron chi connectivity index (χ3n) is 1.47. The van der Waals surface area contributed by atoms with E-state index in [9.17, 15) is 9.90 Å². The first-order valence-corrected chi connectivity index (χ1v) is 3.80. The zero-order chi connectivity index (χ0) is 9.84. The van der Waals surface area contributed by atoms with Gasteiger partial charge in [-0.2, -0.15) is 0 Å². The van der Waals surface area contributed by atoms with Crippen LogP contribution in [-0.4, -0.2) is 22.0 Å². The topological polar surface area (TPSA) is 88.2 Å². The highest BCUT2D eigenvalue weighted by Gasteiger charge is 2.09. The van der Waals surface area contributed by atoms with Gasteiger partial charge in [-0.05, 0) is 13.0 Å². The molecule has 5 heteroatoms. The molecule has 0 aliphatic rings. The number of hydrogen-bond donors (Lipinski definition) is 3. The van der Waals surface area contributed by atoms with Crippen molar-refractivity contribution in [1.82, 2.24) is 4.98 Å². The van der Waals surface area contributed by atoms with Gasteiger partial charge in [0.05, 0.1) is 17.9 Å². The van der Waals surface area contributed by atoms with E-state index in [0.717, 1.165) is 0 Å². The Morgan fingerprint density at radius 2 is 2.46 bits per heavy atom. The number of nitrogens with one attached hydrogen (secondary N) is 1. The number of rotatable bonds is 2. The Labute approximate surface area is 75.6 Å². The molecular formula is C8H11N3O2. The summed E-state index contributed by atoms with van der Waals surface area (Å²) in [4.78, 5) is 14.8. The van der Waals surface area contributed by atoms with E-state index in [0.29, 0.717) is 5.69 Å². The average molecular weight is 181 g/mol. The molecule has 1 atom stereocenters. The van der Waals surface area contributed by atoms with Gasteiger partial charge in [0.1, 0.15) is 0 Å². The lowest BCUT2D eigenvalue weighted by atomic mass is 10.3. The first-order valence-electron chi connectivity index (χ1n) is 3.80. The quantitative estimate of drug-likeness (QED) is 0.602. The van der Waals surface area contributed by atoms with Crippen molar-refractivity contribution in [1.29, 1.82) is 0 Å². The van der Waals surface area contributed by atoms with Gasteiger partial charge in [-0.15, -0.1) is 0 Å². The maximum atomic E-state index is 11.1. The molecule has 0 unspecified atom stereocenters. The van der Waals surface area contributed by atoms with E-state index in [1.165, 1.54) is 18.5 Å². The predicted molar refractivity (Wildman–Crippen MR) is 48.2 cm³/mol. The fourth-order valence-electron chi connectivity index (χ4n) is 0.738. The summed E-state index contributed by atoms with van der Waals surface area (Å²) in [5.74, 6) is -0.419. The van der Waals surface area contributed by atoms with E-state index in [2.05, 4.69) is 10.3 Å². The standard InChI is InChI=1S/C8H11N3O2/c1-5(9)8(13)11-6-2-3-10-4-7(6)12/h2-5,12H,9H2,1H3,(H,10,11,13)/t5-/m1/s1. The van der Waals surface area contributed by atoms with Crippen LogP contribution in [0.2, 0.25) is 0 Å². The summed E-state index contributed by atoms with van der Waals surface area (Å²) >= 11 is 0. The van der Waals surface area contributed by atoms with Gasteiger partial charge >= 0.3 is 0 Å². The van der Waals surface area contributed by atoms with Crippen molar-refractivity contribution in [3.63, 3.8) is 0 Å². The van der Waals surface area contributed by atoms with Crippen LogP contribution in [0.1, 0.15) is 6.92 Å². The van der Waals surface area contributed by atoms with Crippen LogP contribution in [0.5, 0.6) is 5.75 Å². The second-order valence-electron chi connectivity index (χ2n) is 2.67. The monoisotopic (exact) mass is 181 g/mol. The first-order chi connectivity index (χ1) is 6.11. The summed E-state index contributed by atoms with van der Waals surface area (Å²) in [6.07, 6.45) is 2.72. The van der Waals surface area contributed by atoms with Crippen LogP contribution in [0.4, 0.5) is 5.69 Å². The fraction of sp³-hybridized carbons (Fsp3) is 0.250. The van der Waals surface area contributed by atoms with Crippen LogP contribution in [-0.2, 0) is 4.79 Å². The van der Waals surface area contributed by atoms with Gasteiger partial charge in [0.25, 0.3) is 0 Å². The van der Waals surface area contributed by atoms with Crippen LogP contribution < -0.4 is 11.1 Å². The summed E-state index contributed by atoms with van der Waals surface area (Å²) in [5, 5.41) is 11.7. The number of nitrogens with two attached hydrogens (primary N) is 1. The van der Waals surface area contributed by atoms with Gasteiger partial charge in [0, 0.05) is 6.20 Å². The van der Waals surface area contributed by atoms with E-state index in [-0.39, 0.29) is 11.7 Å². The number of aromatic hydroxyl groups is 1. The Morgan fingerprint density at radius 1 is 1.77 bits per heavy atom. The second kappa shape index (κ2) is 3.86. The highest BCUT2D eigenvalue weighted by atomic mass is 16.3. The second-order valence-corrected chi connectivity index (χ2v) is 2.67. The molecule has 5 nitrogen and oxygen atoms in total. The lowest BCUT2D eigenvalue weighted by Crippen LogP contribution is -2.32. The van der Waals surface area contributed by atoms with Crippen molar-refractivity contribution in [3.8, 4) is 5.75 Å². The van der Waals surface area contributed by atoms with Crippen molar-refractivity contribution < 1.29 is 9.90 Å². The highest BCUT2D eigenvalue weighted by molar-refractivity contribution is 5.95. The molecule has 0 saturated carbocycles. The largest absolute Gasteiger partial charge is 0.504 e. The van der Waals surface area contributed by atoms with Gasteiger partial charge in [-0.25, -0.2) is 0 Å². The lowest BCUT2D eigenvalue weighted by molar-refractivity contribution is -0.117. The molecule has 4 N–H and O–H groups in total. The summed E-state index contributed by atoms with van der Waals surface area (Å²) < 4.78 is 0. The number of carbonyl (C=O) groups is 1. The van der Waals surface area contributed by atoms with Gasteiger partial charge in [0.2, 0.25) is 5.91 Å². The molecule has 0 fully saturated rings. The first kappa shape index (κ1) is 9.47. The van der Waals surface area contributed by atoms with E-state index < -0.39 is 6.04 Å². The minimum atomic E-state index is -0.604. The highest BCUT2D eigenvalue weighted by Crippen LogP contribution is 2.19. The molecule has 0 aromatic carbocycles. The van der Waals surface area contributed by atoms with Crippen LogP contribution in [0.3, 0.4) is 0 Å². The van der Waals surface area contributed by atoms with Crippen molar-refractivity contribution in [2.45, 2.75) is 13.0 Å². The van der Waals surface area contributed by atoms with E-state index in [1.54, 1.807) is 6.92 Å². The van der Waals surface area contributed by atoms with Crippen LogP contribution >= 0.6 is 0 Å². The summed E-state index contributed by atoms with van der Waals surface area (Å²) in [6.45, 7) is 1.56. The molecule has 1 heterocycles. The third kappa shape index (κ3) is 2.41. The molecule has 0 aliphatic carbocycles. The number of carbonyl (C=O) groups excluding carboxylic acids is 1. The number of nitrogens with zero attached hydrogens (tertiary/aromatic N) is 1. The zero-order valence-corrected chi connectivity index (χ0v) is 7.19. The van der Waals surface area contributed by atoms with Crippen LogP contribution in [0.15, 0.2) is 18.5 Å². The van der Waals surface area contributed by atoms with Crippen molar-refractivity contribution >= 4 is 11.6 Å². The molecule has 1 aromatic rings. The fourth-order valence-corrected chi connectivity index (χ4v) is 0.738. The molecule has 1 amide bonds.